The van der Waals surface area contributed by atoms with Crippen LogP contribution in [-0.4, -0.2) is 51.5 Å². The van der Waals surface area contributed by atoms with Gasteiger partial charge in [-0.05, 0) is 42.3 Å². The second kappa shape index (κ2) is 9.00. The SMILES string of the molecule is O=C(NCCc1cccc(Cl)c1)c1cc(S(=O)(=O)N2CCOCC2)ccc1F. The Hall–Kier alpha value is -2.00. The van der Waals surface area contributed by atoms with Gasteiger partial charge in [0, 0.05) is 24.7 Å². The first-order valence-electron chi connectivity index (χ1n) is 8.78. The van der Waals surface area contributed by atoms with Crippen LogP contribution < -0.4 is 5.32 Å². The first-order valence-corrected chi connectivity index (χ1v) is 10.6. The van der Waals surface area contributed by atoms with Gasteiger partial charge in [-0.1, -0.05) is 23.7 Å². The fraction of sp³-hybridized carbons (Fsp3) is 0.316. The number of carbonyl (C=O) groups excluding carboxylic acids is 1. The van der Waals surface area contributed by atoms with E-state index in [9.17, 15) is 17.6 Å². The number of morpholine rings is 1. The Labute approximate surface area is 168 Å². The molecule has 1 N–H and O–H groups in total. The van der Waals surface area contributed by atoms with Crippen LogP contribution in [0.15, 0.2) is 47.4 Å². The standard InChI is InChI=1S/C19H20ClFN2O4S/c20-15-3-1-2-14(12-15)6-7-22-19(24)17-13-16(4-5-18(17)21)28(25,26)23-8-10-27-11-9-23/h1-5,12-13H,6-11H2,(H,22,24). The third-order valence-electron chi connectivity index (χ3n) is 4.38. The number of hydrogen-bond acceptors (Lipinski definition) is 4. The van der Waals surface area contributed by atoms with E-state index in [1.165, 1.54) is 10.4 Å². The van der Waals surface area contributed by atoms with Crippen molar-refractivity contribution >= 4 is 27.5 Å². The van der Waals surface area contributed by atoms with Crippen molar-refractivity contribution in [2.45, 2.75) is 11.3 Å². The van der Waals surface area contributed by atoms with Gasteiger partial charge in [-0.2, -0.15) is 4.31 Å². The molecule has 2 aromatic carbocycles. The largest absolute Gasteiger partial charge is 0.379 e. The fourth-order valence-electron chi connectivity index (χ4n) is 2.88. The molecule has 1 aliphatic rings. The van der Waals surface area contributed by atoms with Crippen LogP contribution in [0.25, 0.3) is 0 Å². The van der Waals surface area contributed by atoms with Crippen LogP contribution in [-0.2, 0) is 21.2 Å². The van der Waals surface area contributed by atoms with Crippen LogP contribution in [0.2, 0.25) is 5.02 Å². The number of carbonyl (C=O) groups is 1. The molecule has 28 heavy (non-hydrogen) atoms. The number of hydrogen-bond donors (Lipinski definition) is 1. The molecule has 150 valence electrons. The van der Waals surface area contributed by atoms with Gasteiger partial charge < -0.3 is 10.1 Å². The molecule has 0 bridgehead atoms. The first kappa shape index (κ1) is 20.7. The minimum Gasteiger partial charge on any atom is -0.379 e. The van der Waals surface area contributed by atoms with E-state index >= 15 is 0 Å². The third-order valence-corrected chi connectivity index (χ3v) is 6.51. The Kier molecular flexibility index (Phi) is 6.66. The van der Waals surface area contributed by atoms with Crippen molar-refractivity contribution in [2.75, 3.05) is 32.8 Å². The molecule has 1 aliphatic heterocycles. The van der Waals surface area contributed by atoms with Crippen molar-refractivity contribution in [1.82, 2.24) is 9.62 Å². The quantitative estimate of drug-likeness (QED) is 0.770. The van der Waals surface area contributed by atoms with Gasteiger partial charge in [0.15, 0.2) is 0 Å². The maximum Gasteiger partial charge on any atom is 0.254 e. The van der Waals surface area contributed by atoms with Gasteiger partial charge in [-0.25, -0.2) is 12.8 Å². The summed E-state index contributed by atoms with van der Waals surface area (Å²) in [6.07, 6.45) is 0.514. The second-order valence-corrected chi connectivity index (χ2v) is 8.67. The van der Waals surface area contributed by atoms with E-state index in [-0.39, 0.29) is 30.1 Å². The Morgan fingerprint density at radius 3 is 2.64 bits per heavy atom. The van der Waals surface area contributed by atoms with Crippen LogP contribution in [0.1, 0.15) is 15.9 Å². The average molecular weight is 427 g/mol. The number of rotatable bonds is 6. The normalized spacial score (nSPS) is 15.4. The monoisotopic (exact) mass is 426 g/mol. The van der Waals surface area contributed by atoms with E-state index in [0.717, 1.165) is 17.7 Å². The van der Waals surface area contributed by atoms with Crippen molar-refractivity contribution < 1.29 is 22.3 Å². The molecule has 0 aliphatic carbocycles. The van der Waals surface area contributed by atoms with E-state index in [2.05, 4.69) is 5.32 Å². The maximum atomic E-state index is 14.1. The molecule has 1 fully saturated rings. The van der Waals surface area contributed by atoms with Gasteiger partial charge in [-0.15, -0.1) is 0 Å². The van der Waals surface area contributed by atoms with Crippen molar-refractivity contribution in [1.29, 1.82) is 0 Å². The molecule has 0 aromatic heterocycles. The van der Waals surface area contributed by atoms with Gasteiger partial charge in [0.05, 0.1) is 23.7 Å². The van der Waals surface area contributed by atoms with E-state index < -0.39 is 21.7 Å². The smallest absolute Gasteiger partial charge is 0.254 e. The second-order valence-electron chi connectivity index (χ2n) is 6.29. The highest BCUT2D eigenvalue weighted by molar-refractivity contribution is 7.89. The van der Waals surface area contributed by atoms with Crippen molar-refractivity contribution in [3.05, 3.63) is 64.4 Å². The third kappa shape index (κ3) is 4.88. The minimum absolute atomic E-state index is 0.115. The first-order chi connectivity index (χ1) is 13.4. The Balaban J connectivity index is 1.70. The highest BCUT2D eigenvalue weighted by atomic mass is 35.5. The molecule has 6 nitrogen and oxygen atoms in total. The molecule has 1 heterocycles. The summed E-state index contributed by atoms with van der Waals surface area (Å²) in [5.74, 6) is -1.44. The summed E-state index contributed by atoms with van der Waals surface area (Å²) < 4.78 is 46.0. The lowest BCUT2D eigenvalue weighted by molar-refractivity contribution is 0.0730. The van der Waals surface area contributed by atoms with Gasteiger partial charge >= 0.3 is 0 Å². The van der Waals surface area contributed by atoms with Gasteiger partial charge in [0.25, 0.3) is 5.91 Å². The molecule has 0 unspecified atom stereocenters. The molecule has 2 aromatic rings. The van der Waals surface area contributed by atoms with Crippen LogP contribution >= 0.6 is 11.6 Å². The summed E-state index contributed by atoms with van der Waals surface area (Å²) in [7, 11) is -3.81. The lowest BCUT2D eigenvalue weighted by Crippen LogP contribution is -2.40. The molecule has 0 saturated carbocycles. The van der Waals surface area contributed by atoms with Crippen molar-refractivity contribution in [3.63, 3.8) is 0 Å². The lowest BCUT2D eigenvalue weighted by atomic mass is 10.1. The van der Waals surface area contributed by atoms with Crippen LogP contribution in [0, 0.1) is 5.82 Å². The summed E-state index contributed by atoms with van der Waals surface area (Å²) >= 11 is 5.92. The van der Waals surface area contributed by atoms with Crippen LogP contribution in [0.4, 0.5) is 4.39 Å². The summed E-state index contributed by atoms with van der Waals surface area (Å²) in [4.78, 5) is 12.3. The number of nitrogens with one attached hydrogen (secondary N) is 1. The number of benzene rings is 2. The topological polar surface area (TPSA) is 75.7 Å². The van der Waals surface area contributed by atoms with Gasteiger partial charge in [-0.3, -0.25) is 4.79 Å². The molecule has 1 amide bonds. The van der Waals surface area contributed by atoms with Crippen LogP contribution in [0.3, 0.4) is 0 Å². The molecule has 0 atom stereocenters. The van der Waals surface area contributed by atoms with E-state index in [1.807, 2.05) is 6.07 Å². The summed E-state index contributed by atoms with van der Waals surface area (Å²) in [6.45, 7) is 1.31. The highest BCUT2D eigenvalue weighted by Crippen LogP contribution is 2.20. The number of nitrogens with zero attached hydrogens (tertiary/aromatic N) is 1. The molecular weight excluding hydrogens is 407 g/mol. The number of amides is 1. The zero-order chi connectivity index (χ0) is 20.1. The molecule has 0 radical (unpaired) electrons. The molecule has 3 rings (SSSR count). The fourth-order valence-corrected chi connectivity index (χ4v) is 4.53. The van der Waals surface area contributed by atoms with Crippen molar-refractivity contribution in [2.24, 2.45) is 0 Å². The molecule has 9 heteroatoms. The zero-order valence-electron chi connectivity index (χ0n) is 15.0. The summed E-state index contributed by atoms with van der Waals surface area (Å²) in [5, 5.41) is 3.21. The van der Waals surface area contributed by atoms with Crippen molar-refractivity contribution in [3.8, 4) is 0 Å². The average Bonchev–Trinajstić information content (AvgIpc) is 2.69. The number of sulfonamides is 1. The number of ether oxygens (including phenoxy) is 1. The summed E-state index contributed by atoms with van der Waals surface area (Å²) in [5.41, 5.74) is 0.623. The molecule has 0 spiro atoms. The maximum absolute atomic E-state index is 14.1. The highest BCUT2D eigenvalue weighted by Gasteiger charge is 2.27. The number of halogens is 2. The molecular formula is C19H20ClFN2O4S. The van der Waals surface area contributed by atoms with Gasteiger partial charge in [0.2, 0.25) is 10.0 Å². The Bertz CT molecular complexity index is 962. The van der Waals surface area contributed by atoms with Gasteiger partial charge in [0.1, 0.15) is 5.82 Å². The molecule has 1 saturated heterocycles. The van der Waals surface area contributed by atoms with Crippen LogP contribution in [0.5, 0.6) is 0 Å². The van der Waals surface area contributed by atoms with E-state index in [0.29, 0.717) is 24.7 Å². The Morgan fingerprint density at radius 2 is 1.93 bits per heavy atom. The zero-order valence-corrected chi connectivity index (χ0v) is 16.6. The van der Waals surface area contributed by atoms with E-state index in [1.54, 1.807) is 18.2 Å². The summed E-state index contributed by atoms with van der Waals surface area (Å²) in [6, 6.07) is 10.5. The van der Waals surface area contributed by atoms with E-state index in [4.69, 9.17) is 16.3 Å². The predicted molar refractivity (Wildman–Crippen MR) is 103 cm³/mol. The lowest BCUT2D eigenvalue weighted by Gasteiger charge is -2.26. The minimum atomic E-state index is -3.81. The Morgan fingerprint density at radius 1 is 1.18 bits per heavy atom. The predicted octanol–water partition coefficient (Wildman–Crippen LogP) is 2.47.